The monoisotopic (exact) mass is 459 g/mol. The van der Waals surface area contributed by atoms with Crippen LogP contribution in [0, 0.1) is 21.3 Å². The lowest BCUT2D eigenvalue weighted by Crippen LogP contribution is -2.48. The molecule has 1 spiro atoms. The lowest BCUT2D eigenvalue weighted by molar-refractivity contribution is -0.122. The maximum atomic E-state index is 12.8. The van der Waals surface area contributed by atoms with Gasteiger partial charge < -0.3 is 5.32 Å². The normalized spacial score (nSPS) is 32.0. The number of anilines is 1. The van der Waals surface area contributed by atoms with Crippen molar-refractivity contribution in [3.63, 3.8) is 0 Å². The van der Waals surface area contributed by atoms with E-state index in [-0.39, 0.29) is 11.8 Å². The molecule has 1 N–H and O–H groups in total. The van der Waals surface area contributed by atoms with E-state index in [0.29, 0.717) is 4.08 Å². The third kappa shape index (κ3) is 3.06. The van der Waals surface area contributed by atoms with E-state index in [4.69, 9.17) is 0 Å². The minimum atomic E-state index is 0.203. The number of carbonyl (C=O) groups is 1. The van der Waals surface area contributed by atoms with Gasteiger partial charge in [-0.15, -0.1) is 23.5 Å². The summed E-state index contributed by atoms with van der Waals surface area (Å²) >= 11 is 6.71. The summed E-state index contributed by atoms with van der Waals surface area (Å²) < 4.78 is 1.57. The molecule has 1 aromatic rings. The molecule has 1 heterocycles. The minimum Gasteiger partial charge on any atom is -0.325 e. The zero-order chi connectivity index (χ0) is 15.9. The van der Waals surface area contributed by atoms with Gasteiger partial charge in [-0.2, -0.15) is 0 Å². The van der Waals surface area contributed by atoms with Gasteiger partial charge in [0.05, 0.1) is 9.77 Å². The van der Waals surface area contributed by atoms with E-state index in [2.05, 4.69) is 51.4 Å². The van der Waals surface area contributed by atoms with E-state index in [1.54, 1.807) is 0 Å². The highest BCUT2D eigenvalue weighted by Crippen LogP contribution is 2.64. The fraction of sp³-hybridized carbons (Fsp3) is 0.611. The average Bonchev–Trinajstić information content (AvgIpc) is 2.99. The first kappa shape index (κ1) is 16.6. The summed E-state index contributed by atoms with van der Waals surface area (Å²) in [5.74, 6) is 4.52. The van der Waals surface area contributed by atoms with Crippen LogP contribution in [0.25, 0.3) is 0 Å². The van der Waals surface area contributed by atoms with E-state index >= 15 is 0 Å². The predicted molar refractivity (Wildman–Crippen MR) is 109 cm³/mol. The standard InChI is InChI=1S/C18H22INOS2/c19-15-6-1-2-7-16(15)20-17(21)12-10-13-4-3-5-14(11-12)18(13)22-8-9-23-18/h1-2,6-7,12-14H,3-5,8-11H2,(H,20,21). The number of hydrogen-bond donors (Lipinski definition) is 1. The Kier molecular flexibility index (Phi) is 4.89. The molecule has 5 heteroatoms. The van der Waals surface area contributed by atoms with E-state index in [1.165, 1.54) is 30.8 Å². The number of hydrogen-bond acceptors (Lipinski definition) is 3. The Hall–Kier alpha value is 0.120. The van der Waals surface area contributed by atoms with Gasteiger partial charge in [-0.3, -0.25) is 4.79 Å². The molecule has 0 aromatic heterocycles. The van der Waals surface area contributed by atoms with Gasteiger partial charge in [0.1, 0.15) is 0 Å². The second kappa shape index (κ2) is 6.79. The van der Waals surface area contributed by atoms with Crippen molar-refractivity contribution >= 4 is 57.7 Å². The molecule has 4 rings (SSSR count). The van der Waals surface area contributed by atoms with Crippen molar-refractivity contribution in [3.05, 3.63) is 27.8 Å². The van der Waals surface area contributed by atoms with Gasteiger partial charge in [-0.05, 0) is 72.2 Å². The van der Waals surface area contributed by atoms with Gasteiger partial charge in [-0.25, -0.2) is 0 Å². The molecule has 23 heavy (non-hydrogen) atoms. The summed E-state index contributed by atoms with van der Waals surface area (Å²) in [4.78, 5) is 12.8. The first-order valence-corrected chi connectivity index (χ1v) is 11.6. The number of amides is 1. The van der Waals surface area contributed by atoms with E-state index < -0.39 is 0 Å². The molecule has 3 fully saturated rings. The number of para-hydroxylation sites is 1. The zero-order valence-corrected chi connectivity index (χ0v) is 16.9. The molecule has 124 valence electrons. The van der Waals surface area contributed by atoms with Gasteiger partial charge in [0.2, 0.25) is 5.91 Å². The minimum absolute atomic E-state index is 0.203. The second-order valence-corrected chi connectivity index (χ2v) is 11.0. The molecule has 2 saturated carbocycles. The van der Waals surface area contributed by atoms with Crippen LogP contribution in [0.3, 0.4) is 0 Å². The largest absolute Gasteiger partial charge is 0.325 e. The van der Waals surface area contributed by atoms with Crippen LogP contribution < -0.4 is 5.32 Å². The van der Waals surface area contributed by atoms with Crippen LogP contribution in [0.1, 0.15) is 32.1 Å². The fourth-order valence-electron chi connectivity index (χ4n) is 4.62. The Balaban J connectivity index is 1.49. The Labute approximate surface area is 160 Å². The maximum absolute atomic E-state index is 12.8. The number of halogens is 1. The van der Waals surface area contributed by atoms with E-state index in [9.17, 15) is 4.79 Å². The third-order valence-electron chi connectivity index (χ3n) is 5.62. The van der Waals surface area contributed by atoms with Crippen LogP contribution >= 0.6 is 46.1 Å². The average molecular weight is 459 g/mol. The van der Waals surface area contributed by atoms with Crippen molar-refractivity contribution in [3.8, 4) is 0 Å². The lowest BCUT2D eigenvalue weighted by Gasteiger charge is -2.52. The zero-order valence-electron chi connectivity index (χ0n) is 13.1. The fourth-order valence-corrected chi connectivity index (χ4v) is 9.08. The van der Waals surface area contributed by atoms with Crippen molar-refractivity contribution in [1.29, 1.82) is 0 Å². The van der Waals surface area contributed by atoms with E-state index in [0.717, 1.165) is 33.9 Å². The highest BCUT2D eigenvalue weighted by Gasteiger charge is 2.55. The molecule has 2 atom stereocenters. The molecule has 1 saturated heterocycles. The summed E-state index contributed by atoms with van der Waals surface area (Å²) in [7, 11) is 0. The third-order valence-corrected chi connectivity index (χ3v) is 10.6. The quantitative estimate of drug-likeness (QED) is 0.614. The Bertz CT molecular complexity index is 586. The van der Waals surface area contributed by atoms with Crippen molar-refractivity contribution in [2.75, 3.05) is 16.8 Å². The summed E-state index contributed by atoms with van der Waals surface area (Å²) in [6.45, 7) is 0. The topological polar surface area (TPSA) is 29.1 Å². The summed E-state index contributed by atoms with van der Waals surface area (Å²) in [6.07, 6.45) is 6.19. The van der Waals surface area contributed by atoms with Crippen molar-refractivity contribution in [2.24, 2.45) is 17.8 Å². The van der Waals surface area contributed by atoms with Crippen molar-refractivity contribution in [1.82, 2.24) is 0 Å². The maximum Gasteiger partial charge on any atom is 0.227 e. The lowest BCUT2D eigenvalue weighted by atomic mass is 9.67. The second-order valence-electron chi connectivity index (χ2n) is 6.88. The van der Waals surface area contributed by atoms with E-state index in [1.807, 2.05) is 24.3 Å². The Morgan fingerprint density at radius 2 is 1.78 bits per heavy atom. The number of thioether (sulfide) groups is 2. The first-order valence-electron chi connectivity index (χ1n) is 8.52. The van der Waals surface area contributed by atoms with Crippen LogP contribution in [0.4, 0.5) is 5.69 Å². The summed E-state index contributed by atoms with van der Waals surface area (Å²) in [5.41, 5.74) is 0.966. The number of carbonyl (C=O) groups excluding carboxylic acids is 1. The molecule has 2 nitrogen and oxygen atoms in total. The number of rotatable bonds is 2. The van der Waals surface area contributed by atoms with Crippen LogP contribution in [0.2, 0.25) is 0 Å². The van der Waals surface area contributed by atoms with Gasteiger partial charge in [0.25, 0.3) is 0 Å². The molecule has 0 radical (unpaired) electrons. The van der Waals surface area contributed by atoms with Crippen molar-refractivity contribution in [2.45, 2.75) is 36.2 Å². The van der Waals surface area contributed by atoms with Gasteiger partial charge in [-0.1, -0.05) is 18.6 Å². The molecule has 3 aliphatic rings. The Morgan fingerprint density at radius 3 is 2.43 bits per heavy atom. The highest BCUT2D eigenvalue weighted by atomic mass is 127. The van der Waals surface area contributed by atoms with Gasteiger partial charge in [0.15, 0.2) is 0 Å². The molecular formula is C18H22INOS2. The SMILES string of the molecule is O=C(Nc1ccccc1I)C1CC2CCCC(C1)C21SCCS1. The number of nitrogens with one attached hydrogen (secondary N) is 1. The smallest absolute Gasteiger partial charge is 0.227 e. The molecule has 1 aliphatic heterocycles. The van der Waals surface area contributed by atoms with Crippen LogP contribution in [0.5, 0.6) is 0 Å². The molecule has 2 unspecified atom stereocenters. The number of benzene rings is 1. The highest BCUT2D eigenvalue weighted by molar-refractivity contribution is 14.1. The predicted octanol–water partition coefficient (Wildman–Crippen LogP) is 5.23. The molecule has 1 aromatic carbocycles. The molecule has 1 amide bonds. The van der Waals surface area contributed by atoms with Gasteiger partial charge >= 0.3 is 0 Å². The van der Waals surface area contributed by atoms with Crippen LogP contribution in [-0.4, -0.2) is 21.5 Å². The first-order chi connectivity index (χ1) is 11.2. The Morgan fingerprint density at radius 1 is 1.13 bits per heavy atom. The summed E-state index contributed by atoms with van der Waals surface area (Å²) in [6, 6.07) is 8.06. The van der Waals surface area contributed by atoms with Crippen LogP contribution in [-0.2, 0) is 4.79 Å². The van der Waals surface area contributed by atoms with Crippen LogP contribution in [0.15, 0.2) is 24.3 Å². The molecular weight excluding hydrogens is 437 g/mol. The summed E-state index contributed by atoms with van der Waals surface area (Å²) in [5, 5.41) is 3.19. The van der Waals surface area contributed by atoms with Crippen molar-refractivity contribution < 1.29 is 4.79 Å². The van der Waals surface area contributed by atoms with Gasteiger partial charge in [0, 0.05) is 21.0 Å². The molecule has 2 aliphatic carbocycles. The molecule has 2 bridgehead atoms.